The average molecular weight is 400 g/mol. The van der Waals surface area contributed by atoms with Crippen LogP contribution in [0.25, 0.3) is 10.8 Å². The third-order valence-electron chi connectivity index (χ3n) is 4.00. The number of nitrogens with zero attached hydrogens (tertiary/aromatic N) is 1. The topological polar surface area (TPSA) is 90.7 Å². The monoisotopic (exact) mass is 400 g/mol. The van der Waals surface area contributed by atoms with E-state index in [9.17, 15) is 9.59 Å². The summed E-state index contributed by atoms with van der Waals surface area (Å²) in [5.74, 6) is 1.16. The highest BCUT2D eigenvalue weighted by Crippen LogP contribution is 2.29. The number of amides is 1. The Bertz CT molecular complexity index is 979. The second-order valence-corrected chi connectivity index (χ2v) is 7.08. The summed E-state index contributed by atoms with van der Waals surface area (Å²) in [6.07, 6.45) is 1.60. The SMILES string of the molecule is COc1cc(C(C)=O)ccc1OCC(=O)NCc1sc(-c2ccco2)nc1C. The Labute approximate surface area is 166 Å². The summed E-state index contributed by atoms with van der Waals surface area (Å²) in [5.41, 5.74) is 1.36. The van der Waals surface area contributed by atoms with Crippen molar-refractivity contribution in [1.29, 1.82) is 0 Å². The Hall–Kier alpha value is -3.13. The molecule has 1 N–H and O–H groups in total. The van der Waals surface area contributed by atoms with E-state index in [0.29, 0.717) is 29.4 Å². The largest absolute Gasteiger partial charge is 0.493 e. The number of ether oxygens (including phenoxy) is 2. The van der Waals surface area contributed by atoms with Crippen LogP contribution in [0.3, 0.4) is 0 Å². The maximum Gasteiger partial charge on any atom is 0.258 e. The van der Waals surface area contributed by atoms with Crippen LogP contribution >= 0.6 is 11.3 Å². The first-order valence-electron chi connectivity index (χ1n) is 8.56. The molecule has 8 heteroatoms. The van der Waals surface area contributed by atoms with Gasteiger partial charge in [-0.1, -0.05) is 0 Å². The Kier molecular flexibility index (Phi) is 6.10. The molecular formula is C20H20N2O5S. The normalized spacial score (nSPS) is 10.5. The Morgan fingerprint density at radius 1 is 1.25 bits per heavy atom. The van der Waals surface area contributed by atoms with E-state index in [1.54, 1.807) is 24.5 Å². The highest BCUT2D eigenvalue weighted by Gasteiger charge is 2.14. The number of aryl methyl sites for hydroxylation is 1. The molecule has 0 atom stereocenters. The molecule has 3 rings (SSSR count). The van der Waals surface area contributed by atoms with Crippen molar-refractivity contribution in [3.63, 3.8) is 0 Å². The molecule has 0 unspecified atom stereocenters. The zero-order valence-electron chi connectivity index (χ0n) is 15.8. The van der Waals surface area contributed by atoms with Crippen LogP contribution in [0.2, 0.25) is 0 Å². The fraction of sp³-hybridized carbons (Fsp3) is 0.250. The Morgan fingerprint density at radius 2 is 2.07 bits per heavy atom. The number of hydrogen-bond acceptors (Lipinski definition) is 7. The van der Waals surface area contributed by atoms with Crippen molar-refractivity contribution in [2.24, 2.45) is 0 Å². The predicted molar refractivity (Wildman–Crippen MR) is 105 cm³/mol. The molecule has 2 aromatic heterocycles. The van der Waals surface area contributed by atoms with E-state index in [4.69, 9.17) is 13.9 Å². The smallest absolute Gasteiger partial charge is 0.258 e. The molecule has 146 valence electrons. The highest BCUT2D eigenvalue weighted by atomic mass is 32.1. The number of furan rings is 1. The van der Waals surface area contributed by atoms with Crippen molar-refractivity contribution in [1.82, 2.24) is 10.3 Å². The summed E-state index contributed by atoms with van der Waals surface area (Å²) in [6, 6.07) is 8.49. The van der Waals surface area contributed by atoms with Gasteiger partial charge in [-0.2, -0.15) is 0 Å². The van der Waals surface area contributed by atoms with Crippen LogP contribution in [-0.2, 0) is 11.3 Å². The number of thiazole rings is 1. The van der Waals surface area contributed by atoms with Crippen molar-refractivity contribution in [3.05, 3.63) is 52.7 Å². The number of hydrogen-bond donors (Lipinski definition) is 1. The molecule has 7 nitrogen and oxygen atoms in total. The lowest BCUT2D eigenvalue weighted by Gasteiger charge is -2.11. The molecule has 2 heterocycles. The van der Waals surface area contributed by atoms with E-state index in [-0.39, 0.29) is 18.3 Å². The van der Waals surface area contributed by atoms with Gasteiger partial charge in [0.05, 0.1) is 25.6 Å². The molecule has 1 amide bonds. The maximum absolute atomic E-state index is 12.1. The third-order valence-corrected chi connectivity index (χ3v) is 5.17. The molecule has 0 fully saturated rings. The first-order chi connectivity index (χ1) is 13.5. The lowest BCUT2D eigenvalue weighted by molar-refractivity contribution is -0.123. The van der Waals surface area contributed by atoms with Crippen LogP contribution in [-0.4, -0.2) is 30.4 Å². The molecule has 0 aliphatic rings. The van der Waals surface area contributed by atoms with Crippen molar-refractivity contribution in [2.75, 3.05) is 13.7 Å². The van der Waals surface area contributed by atoms with E-state index in [1.165, 1.54) is 25.4 Å². The number of rotatable bonds is 8. The summed E-state index contributed by atoms with van der Waals surface area (Å²) >= 11 is 1.47. The number of aromatic nitrogens is 1. The van der Waals surface area contributed by atoms with Gasteiger partial charge >= 0.3 is 0 Å². The molecule has 3 aromatic rings. The molecular weight excluding hydrogens is 380 g/mol. The van der Waals surface area contributed by atoms with Gasteiger partial charge in [-0.3, -0.25) is 9.59 Å². The Morgan fingerprint density at radius 3 is 2.75 bits per heavy atom. The minimum atomic E-state index is -0.273. The zero-order valence-corrected chi connectivity index (χ0v) is 16.6. The molecule has 0 saturated heterocycles. The summed E-state index contributed by atoms with van der Waals surface area (Å²) < 4.78 is 16.1. The van der Waals surface area contributed by atoms with Crippen LogP contribution in [0, 0.1) is 6.92 Å². The van der Waals surface area contributed by atoms with E-state index >= 15 is 0 Å². The second kappa shape index (κ2) is 8.71. The van der Waals surface area contributed by atoms with E-state index in [2.05, 4.69) is 10.3 Å². The minimum absolute atomic E-state index is 0.0727. The summed E-state index contributed by atoms with van der Waals surface area (Å²) in [6.45, 7) is 3.55. The molecule has 1 aromatic carbocycles. The molecule has 28 heavy (non-hydrogen) atoms. The van der Waals surface area contributed by atoms with Gasteiger partial charge in [-0.05, 0) is 44.2 Å². The van der Waals surface area contributed by atoms with Crippen LogP contribution in [0.4, 0.5) is 0 Å². The lowest BCUT2D eigenvalue weighted by atomic mass is 10.1. The van der Waals surface area contributed by atoms with Crippen molar-refractivity contribution in [3.8, 4) is 22.3 Å². The standard InChI is InChI=1S/C20H20N2O5S/c1-12-18(28-20(22-12)16-5-4-8-26-16)10-21-19(24)11-27-15-7-6-14(13(2)23)9-17(15)25-3/h4-9H,10-11H2,1-3H3,(H,21,24). The van der Waals surface area contributed by atoms with Gasteiger partial charge in [0.2, 0.25) is 0 Å². The van der Waals surface area contributed by atoms with Crippen molar-refractivity contribution in [2.45, 2.75) is 20.4 Å². The number of nitrogens with one attached hydrogen (secondary N) is 1. The number of Topliss-reactive ketones (excluding diaryl/α,β-unsaturated/α-hetero) is 1. The van der Waals surface area contributed by atoms with Gasteiger partial charge in [-0.25, -0.2) is 4.98 Å². The van der Waals surface area contributed by atoms with Gasteiger partial charge in [0.1, 0.15) is 0 Å². The van der Waals surface area contributed by atoms with Gasteiger partial charge in [-0.15, -0.1) is 11.3 Å². The Balaban J connectivity index is 1.56. The first kappa shape index (κ1) is 19.6. The number of carbonyl (C=O) groups is 2. The fourth-order valence-electron chi connectivity index (χ4n) is 2.48. The van der Waals surface area contributed by atoms with E-state index < -0.39 is 0 Å². The predicted octanol–water partition coefficient (Wildman–Crippen LogP) is 3.62. The minimum Gasteiger partial charge on any atom is -0.493 e. The van der Waals surface area contributed by atoms with Crippen molar-refractivity contribution >= 4 is 23.0 Å². The van der Waals surface area contributed by atoms with Gasteiger partial charge in [0.15, 0.2) is 34.7 Å². The maximum atomic E-state index is 12.1. The third kappa shape index (κ3) is 4.58. The zero-order chi connectivity index (χ0) is 20.1. The molecule has 0 aliphatic heterocycles. The van der Waals surface area contributed by atoms with Crippen LogP contribution in [0.1, 0.15) is 27.9 Å². The quantitative estimate of drug-likeness (QED) is 0.581. The van der Waals surface area contributed by atoms with E-state index in [1.807, 2.05) is 19.1 Å². The summed E-state index contributed by atoms with van der Waals surface area (Å²) in [7, 11) is 1.48. The van der Waals surface area contributed by atoms with Gasteiger partial charge in [0, 0.05) is 10.4 Å². The second-order valence-electron chi connectivity index (χ2n) is 5.99. The molecule has 0 aliphatic carbocycles. The number of carbonyl (C=O) groups excluding carboxylic acids is 2. The fourth-order valence-corrected chi connectivity index (χ4v) is 3.45. The highest BCUT2D eigenvalue weighted by molar-refractivity contribution is 7.15. The van der Waals surface area contributed by atoms with Crippen LogP contribution < -0.4 is 14.8 Å². The van der Waals surface area contributed by atoms with Crippen molar-refractivity contribution < 1.29 is 23.5 Å². The summed E-state index contributed by atoms with van der Waals surface area (Å²) in [5, 5.41) is 3.59. The number of benzene rings is 1. The molecule has 0 radical (unpaired) electrons. The van der Waals surface area contributed by atoms with Crippen LogP contribution in [0.15, 0.2) is 41.0 Å². The summed E-state index contributed by atoms with van der Waals surface area (Å²) in [4.78, 5) is 29.0. The lowest BCUT2D eigenvalue weighted by Crippen LogP contribution is -2.28. The van der Waals surface area contributed by atoms with Gasteiger partial charge < -0.3 is 19.2 Å². The average Bonchev–Trinajstić information content (AvgIpc) is 3.34. The molecule has 0 saturated carbocycles. The number of ketones is 1. The molecule has 0 bridgehead atoms. The van der Waals surface area contributed by atoms with Gasteiger partial charge in [0.25, 0.3) is 5.91 Å². The van der Waals surface area contributed by atoms with E-state index in [0.717, 1.165) is 15.6 Å². The van der Waals surface area contributed by atoms with Crippen LogP contribution in [0.5, 0.6) is 11.5 Å². The first-order valence-corrected chi connectivity index (χ1v) is 9.38. The molecule has 0 spiro atoms. The number of methoxy groups -OCH3 is 1.